The van der Waals surface area contributed by atoms with Gasteiger partial charge in [0.15, 0.2) is 11.6 Å². The topological polar surface area (TPSA) is 69.7 Å². The highest BCUT2D eigenvalue weighted by atomic mass is 19.1. The molecule has 1 saturated heterocycles. The average molecular weight is 477 g/mol. The first-order valence-electron chi connectivity index (χ1n) is 11.7. The Morgan fingerprint density at radius 3 is 2.63 bits per heavy atom. The van der Waals surface area contributed by atoms with Crippen LogP contribution in [0, 0.1) is 5.82 Å². The van der Waals surface area contributed by atoms with Crippen molar-refractivity contribution in [1.82, 2.24) is 10.3 Å². The average Bonchev–Trinajstić information content (AvgIpc) is 2.89. The van der Waals surface area contributed by atoms with Crippen molar-refractivity contribution >= 4 is 12.0 Å². The van der Waals surface area contributed by atoms with Gasteiger partial charge in [-0.15, -0.1) is 0 Å². The number of aromatic nitrogens is 1. The van der Waals surface area contributed by atoms with Crippen molar-refractivity contribution in [1.29, 1.82) is 0 Å². The van der Waals surface area contributed by atoms with Crippen LogP contribution in [0.2, 0.25) is 0 Å². The largest absolute Gasteiger partial charge is 0.494 e. The molecule has 0 atom stereocenters. The number of carbonyl (C=O) groups excluding carboxylic acids is 1. The molecule has 0 radical (unpaired) electrons. The van der Waals surface area contributed by atoms with Crippen LogP contribution in [0.3, 0.4) is 0 Å². The lowest BCUT2D eigenvalue weighted by molar-refractivity contribution is -0.116. The third kappa shape index (κ3) is 6.45. The third-order valence-corrected chi connectivity index (χ3v) is 6.07. The Bertz CT molecular complexity index is 1140. The van der Waals surface area contributed by atoms with Crippen LogP contribution in [0.15, 0.2) is 73.1 Å². The number of amides is 1. The lowest BCUT2D eigenvalue weighted by Crippen LogP contribution is -2.44. The lowest BCUT2D eigenvalue weighted by Gasteiger charge is -2.38. The molecule has 0 bridgehead atoms. The van der Waals surface area contributed by atoms with Crippen molar-refractivity contribution in [2.45, 2.75) is 25.2 Å². The number of pyridine rings is 1. The summed E-state index contributed by atoms with van der Waals surface area (Å²) in [6.45, 7) is 4.35. The monoisotopic (exact) mass is 476 g/mol. The van der Waals surface area contributed by atoms with Gasteiger partial charge in [-0.1, -0.05) is 18.2 Å². The Hall–Kier alpha value is -3.71. The molecule has 1 N–H and O–H groups in total. The fraction of sp³-hybridized carbons (Fsp3) is 0.286. The van der Waals surface area contributed by atoms with Gasteiger partial charge in [-0.25, -0.2) is 4.39 Å². The van der Waals surface area contributed by atoms with Crippen LogP contribution >= 0.6 is 0 Å². The fourth-order valence-electron chi connectivity index (χ4n) is 4.13. The highest BCUT2D eigenvalue weighted by Gasteiger charge is 2.34. The molecule has 1 fully saturated rings. The first kappa shape index (κ1) is 24.4. The SMILES string of the molecule is CCOc1ccc(C2(CNC(=O)/C=C/c3ccc(Oc4cccnc4)c(F)c3)CCOCC2)cc1. The van der Waals surface area contributed by atoms with Gasteiger partial charge in [0.25, 0.3) is 0 Å². The zero-order chi connectivity index (χ0) is 24.5. The molecule has 1 amide bonds. The standard InChI is InChI=1S/C28H29FN2O4/c1-2-34-23-9-7-22(8-10-23)28(13-16-33-17-14-28)20-31-27(32)12-6-21-5-11-26(25(29)18-21)35-24-4-3-15-30-19-24/h3-12,15,18-19H,2,13-14,16-17,20H2,1H3,(H,31,32)/b12-6+. The van der Waals surface area contributed by atoms with Crippen LogP contribution < -0.4 is 14.8 Å². The minimum Gasteiger partial charge on any atom is -0.494 e. The Labute approximate surface area is 204 Å². The Morgan fingerprint density at radius 2 is 1.94 bits per heavy atom. The number of halogens is 1. The quantitative estimate of drug-likeness (QED) is 0.425. The zero-order valence-corrected chi connectivity index (χ0v) is 19.7. The van der Waals surface area contributed by atoms with Gasteiger partial charge in [0.05, 0.1) is 12.8 Å². The van der Waals surface area contributed by atoms with E-state index < -0.39 is 5.82 Å². The van der Waals surface area contributed by atoms with Crippen molar-refractivity contribution in [3.63, 3.8) is 0 Å². The number of rotatable bonds is 9. The molecule has 2 heterocycles. The Morgan fingerprint density at radius 1 is 1.14 bits per heavy atom. The summed E-state index contributed by atoms with van der Waals surface area (Å²) in [7, 11) is 0. The van der Waals surface area contributed by atoms with E-state index in [0.29, 0.717) is 37.7 Å². The Balaban J connectivity index is 1.38. The molecule has 2 aromatic carbocycles. The van der Waals surface area contributed by atoms with Crippen molar-refractivity contribution in [2.24, 2.45) is 0 Å². The molecule has 7 heteroatoms. The van der Waals surface area contributed by atoms with E-state index >= 15 is 0 Å². The molecule has 0 saturated carbocycles. The van der Waals surface area contributed by atoms with E-state index in [1.54, 1.807) is 30.5 Å². The summed E-state index contributed by atoms with van der Waals surface area (Å²) in [5.41, 5.74) is 1.51. The van der Waals surface area contributed by atoms with Crippen molar-refractivity contribution < 1.29 is 23.4 Å². The van der Waals surface area contributed by atoms with E-state index in [4.69, 9.17) is 14.2 Å². The predicted octanol–water partition coefficient (Wildman–Crippen LogP) is 5.29. The molecule has 182 valence electrons. The van der Waals surface area contributed by atoms with Crippen LogP contribution in [-0.2, 0) is 14.9 Å². The maximum atomic E-state index is 14.5. The zero-order valence-electron chi connectivity index (χ0n) is 19.7. The molecule has 1 aliphatic heterocycles. The van der Waals surface area contributed by atoms with Crippen molar-refractivity contribution in [3.8, 4) is 17.2 Å². The lowest BCUT2D eigenvalue weighted by atomic mass is 9.74. The smallest absolute Gasteiger partial charge is 0.244 e. The van der Waals surface area contributed by atoms with E-state index in [2.05, 4.69) is 22.4 Å². The van der Waals surface area contributed by atoms with Crippen LogP contribution in [0.1, 0.15) is 30.9 Å². The number of nitrogens with one attached hydrogen (secondary N) is 1. The molecule has 1 aromatic heterocycles. The number of carbonyl (C=O) groups is 1. The summed E-state index contributed by atoms with van der Waals surface area (Å²) >= 11 is 0. The molecule has 35 heavy (non-hydrogen) atoms. The van der Waals surface area contributed by atoms with Gasteiger partial charge in [0.2, 0.25) is 5.91 Å². The molecule has 0 unspecified atom stereocenters. The fourth-order valence-corrected chi connectivity index (χ4v) is 4.13. The van der Waals surface area contributed by atoms with Gasteiger partial charge in [-0.05, 0) is 73.4 Å². The van der Waals surface area contributed by atoms with E-state index in [-0.39, 0.29) is 17.1 Å². The first-order valence-corrected chi connectivity index (χ1v) is 11.7. The predicted molar refractivity (Wildman–Crippen MR) is 132 cm³/mol. The van der Waals surface area contributed by atoms with Crippen LogP contribution in [0.4, 0.5) is 4.39 Å². The minimum absolute atomic E-state index is 0.0939. The minimum atomic E-state index is -0.520. The third-order valence-electron chi connectivity index (χ3n) is 6.07. The van der Waals surface area contributed by atoms with E-state index in [1.807, 2.05) is 19.1 Å². The van der Waals surface area contributed by atoms with Crippen molar-refractivity contribution in [3.05, 3.63) is 90.0 Å². The van der Waals surface area contributed by atoms with Gasteiger partial charge in [-0.2, -0.15) is 0 Å². The van der Waals surface area contributed by atoms with Gasteiger partial charge < -0.3 is 19.5 Å². The normalized spacial score (nSPS) is 15.0. The first-order chi connectivity index (χ1) is 17.1. The molecule has 6 nitrogen and oxygen atoms in total. The van der Waals surface area contributed by atoms with Crippen LogP contribution in [0.5, 0.6) is 17.2 Å². The van der Waals surface area contributed by atoms with E-state index in [1.165, 1.54) is 24.4 Å². The summed E-state index contributed by atoms with van der Waals surface area (Å²) in [5.74, 6) is 0.612. The number of hydrogen-bond donors (Lipinski definition) is 1. The number of benzene rings is 2. The molecular weight excluding hydrogens is 447 g/mol. The maximum Gasteiger partial charge on any atom is 0.244 e. The number of nitrogens with zero attached hydrogens (tertiary/aromatic N) is 1. The second-order valence-electron chi connectivity index (χ2n) is 8.38. The van der Waals surface area contributed by atoms with Gasteiger partial charge in [-0.3, -0.25) is 9.78 Å². The highest BCUT2D eigenvalue weighted by Crippen LogP contribution is 2.35. The second-order valence-corrected chi connectivity index (χ2v) is 8.38. The summed E-state index contributed by atoms with van der Waals surface area (Å²) in [6, 6.07) is 16.0. The highest BCUT2D eigenvalue weighted by molar-refractivity contribution is 5.91. The maximum absolute atomic E-state index is 14.5. The Kier molecular flexibility index (Phi) is 8.11. The molecule has 0 aliphatic carbocycles. The van der Waals surface area contributed by atoms with E-state index in [9.17, 15) is 9.18 Å². The van der Waals surface area contributed by atoms with Crippen LogP contribution in [0.25, 0.3) is 6.08 Å². The van der Waals surface area contributed by atoms with E-state index in [0.717, 1.165) is 24.2 Å². The van der Waals surface area contributed by atoms with Gasteiger partial charge >= 0.3 is 0 Å². The summed E-state index contributed by atoms with van der Waals surface area (Å²) in [4.78, 5) is 16.5. The summed E-state index contributed by atoms with van der Waals surface area (Å²) in [5, 5.41) is 3.02. The van der Waals surface area contributed by atoms with Gasteiger partial charge in [0.1, 0.15) is 11.5 Å². The molecule has 1 aliphatic rings. The number of ether oxygens (including phenoxy) is 3. The number of hydrogen-bond acceptors (Lipinski definition) is 5. The molecule has 4 rings (SSSR count). The summed E-state index contributed by atoms with van der Waals surface area (Å²) in [6.07, 6.45) is 7.75. The van der Waals surface area contributed by atoms with Crippen molar-refractivity contribution in [2.75, 3.05) is 26.4 Å². The van der Waals surface area contributed by atoms with Crippen LogP contribution in [-0.4, -0.2) is 37.3 Å². The molecular formula is C28H29FN2O4. The van der Waals surface area contributed by atoms with Gasteiger partial charge in [0, 0.05) is 37.4 Å². The molecule has 3 aromatic rings. The summed E-state index contributed by atoms with van der Waals surface area (Å²) < 4.78 is 31.1. The molecule has 0 spiro atoms. The second kappa shape index (κ2) is 11.6.